The van der Waals surface area contributed by atoms with E-state index in [1.165, 1.54) is 4.90 Å². The largest absolute Gasteiger partial charge is 0.408 e. The van der Waals surface area contributed by atoms with Gasteiger partial charge in [-0.05, 0) is 11.8 Å². The number of hydrogen-bond acceptors (Lipinski definition) is 3. The highest BCUT2D eigenvalue weighted by molar-refractivity contribution is 5.75. The number of carbonyl (C=O) groups is 1. The number of amides is 2. The second-order valence-corrected chi connectivity index (χ2v) is 7.09. The molecule has 2 fully saturated rings. The maximum Gasteiger partial charge on any atom is 0.408 e. The van der Waals surface area contributed by atoms with Crippen LogP contribution in [0.4, 0.5) is 18.0 Å². The summed E-state index contributed by atoms with van der Waals surface area (Å²) in [6.07, 6.45) is -4.16. The molecule has 1 N–H and O–H groups in total. The van der Waals surface area contributed by atoms with Gasteiger partial charge in [-0.2, -0.15) is 13.2 Å². The van der Waals surface area contributed by atoms with Crippen molar-refractivity contribution < 1.29 is 27.4 Å². The van der Waals surface area contributed by atoms with Crippen LogP contribution in [0.15, 0.2) is 0 Å². The lowest BCUT2D eigenvalue weighted by Crippen LogP contribution is -2.52. The number of halogens is 3. The van der Waals surface area contributed by atoms with Gasteiger partial charge in [-0.25, -0.2) is 4.79 Å². The fourth-order valence-corrected chi connectivity index (χ4v) is 2.76. The summed E-state index contributed by atoms with van der Waals surface area (Å²) in [5, 5.41) is 2.11. The van der Waals surface area contributed by atoms with Crippen molar-refractivity contribution in [2.45, 2.75) is 51.6 Å². The van der Waals surface area contributed by atoms with Gasteiger partial charge in [0.25, 0.3) is 0 Å². The van der Waals surface area contributed by atoms with Crippen LogP contribution in [0.5, 0.6) is 0 Å². The van der Waals surface area contributed by atoms with E-state index in [1.54, 1.807) is 20.8 Å². The zero-order valence-electron chi connectivity index (χ0n) is 13.1. The van der Waals surface area contributed by atoms with Crippen LogP contribution in [-0.4, -0.2) is 55.2 Å². The Morgan fingerprint density at radius 3 is 2.36 bits per heavy atom. The van der Waals surface area contributed by atoms with E-state index in [2.05, 4.69) is 5.32 Å². The van der Waals surface area contributed by atoms with Gasteiger partial charge in [0.05, 0.1) is 19.8 Å². The fraction of sp³-hybridized carbons (Fsp3) is 0.929. The number of nitrogens with zero attached hydrogens (tertiary/aromatic N) is 1. The van der Waals surface area contributed by atoms with Crippen molar-refractivity contribution >= 4 is 6.03 Å². The minimum absolute atomic E-state index is 0.166. The summed E-state index contributed by atoms with van der Waals surface area (Å²) in [6, 6.07) is -2.58. The van der Waals surface area contributed by atoms with Gasteiger partial charge in [0, 0.05) is 13.0 Å². The summed E-state index contributed by atoms with van der Waals surface area (Å²) in [6.45, 7) is 6.52. The van der Waals surface area contributed by atoms with Crippen LogP contribution in [0.2, 0.25) is 0 Å². The minimum Gasteiger partial charge on any atom is -0.346 e. The first kappa shape index (κ1) is 17.3. The molecule has 1 spiro atoms. The number of alkyl halides is 3. The Bertz CT molecular complexity index is 415. The Hall–Kier alpha value is -1.02. The van der Waals surface area contributed by atoms with Crippen LogP contribution in [0.1, 0.15) is 33.6 Å². The van der Waals surface area contributed by atoms with Gasteiger partial charge < -0.3 is 19.7 Å². The zero-order chi connectivity index (χ0) is 16.6. The van der Waals surface area contributed by atoms with Crippen LogP contribution in [0, 0.1) is 5.41 Å². The number of likely N-dealkylation sites (tertiary alicyclic amines) is 1. The van der Waals surface area contributed by atoms with Gasteiger partial charge in [-0.15, -0.1) is 0 Å². The number of rotatable bonds is 2. The summed E-state index contributed by atoms with van der Waals surface area (Å²) in [5.41, 5.74) is -0.544. The first-order valence-corrected chi connectivity index (χ1v) is 7.41. The highest BCUT2D eigenvalue weighted by Gasteiger charge is 2.47. The van der Waals surface area contributed by atoms with E-state index in [-0.39, 0.29) is 13.0 Å². The van der Waals surface area contributed by atoms with E-state index in [0.717, 1.165) is 0 Å². The van der Waals surface area contributed by atoms with Gasteiger partial charge in [-0.3, -0.25) is 0 Å². The van der Waals surface area contributed by atoms with Gasteiger partial charge in [0.15, 0.2) is 5.79 Å². The van der Waals surface area contributed by atoms with Crippen LogP contribution in [0.3, 0.4) is 0 Å². The van der Waals surface area contributed by atoms with E-state index >= 15 is 0 Å². The van der Waals surface area contributed by atoms with Crippen molar-refractivity contribution in [2.75, 3.05) is 26.3 Å². The number of urea groups is 1. The molecule has 2 heterocycles. The molecule has 0 saturated carbocycles. The zero-order valence-corrected chi connectivity index (χ0v) is 13.1. The van der Waals surface area contributed by atoms with Crippen molar-refractivity contribution in [2.24, 2.45) is 5.41 Å². The predicted octanol–water partition coefficient (Wildman–Crippen LogP) is 2.51. The normalized spacial score (nSPS) is 23.1. The summed E-state index contributed by atoms with van der Waals surface area (Å²) < 4.78 is 50.3. The monoisotopic (exact) mass is 324 g/mol. The topological polar surface area (TPSA) is 50.8 Å². The summed E-state index contributed by atoms with van der Waals surface area (Å²) in [7, 11) is 0. The molecule has 2 aliphatic rings. The van der Waals surface area contributed by atoms with Gasteiger partial charge in [0.1, 0.15) is 6.04 Å². The second kappa shape index (κ2) is 5.88. The lowest BCUT2D eigenvalue weighted by molar-refractivity contribution is -0.160. The molecule has 22 heavy (non-hydrogen) atoms. The molecule has 0 bridgehead atoms. The Balaban J connectivity index is 1.96. The smallest absolute Gasteiger partial charge is 0.346 e. The number of nitrogens with one attached hydrogen (secondary N) is 1. The van der Waals surface area contributed by atoms with E-state index in [0.29, 0.717) is 26.2 Å². The molecule has 0 radical (unpaired) electrons. The molecule has 0 aromatic carbocycles. The quantitative estimate of drug-likeness (QED) is 0.849. The molecule has 8 heteroatoms. The maximum absolute atomic E-state index is 13.1. The third kappa shape index (κ3) is 4.25. The lowest BCUT2D eigenvalue weighted by Gasteiger charge is -2.30. The molecule has 2 amide bonds. The van der Waals surface area contributed by atoms with E-state index in [4.69, 9.17) is 9.47 Å². The number of ether oxygens (including phenoxy) is 2. The van der Waals surface area contributed by atoms with Crippen molar-refractivity contribution in [1.82, 2.24) is 10.2 Å². The van der Waals surface area contributed by atoms with Crippen molar-refractivity contribution in [3.8, 4) is 0 Å². The standard InChI is InChI=1S/C14H23F3N2O3/c1-12(2,3)8-10(14(15,16)17)18-11(20)19-5-4-13(9-19)21-6-7-22-13/h10H,4-9H2,1-3H3,(H,18,20)/t10-/m0/s1. The molecule has 2 rings (SSSR count). The molecule has 128 valence electrons. The van der Waals surface area contributed by atoms with Crippen LogP contribution < -0.4 is 5.32 Å². The fourth-order valence-electron chi connectivity index (χ4n) is 2.76. The summed E-state index contributed by atoms with van der Waals surface area (Å²) in [4.78, 5) is 13.5. The number of carbonyl (C=O) groups excluding carboxylic acids is 1. The molecule has 0 aromatic heterocycles. The van der Waals surface area contributed by atoms with E-state index in [1.807, 2.05) is 0 Å². The molecule has 0 aliphatic carbocycles. The first-order valence-electron chi connectivity index (χ1n) is 7.41. The van der Waals surface area contributed by atoms with Gasteiger partial charge in [-0.1, -0.05) is 20.8 Å². The van der Waals surface area contributed by atoms with Crippen LogP contribution in [-0.2, 0) is 9.47 Å². The second-order valence-electron chi connectivity index (χ2n) is 7.09. The summed E-state index contributed by atoms with van der Waals surface area (Å²) >= 11 is 0. The minimum atomic E-state index is -4.47. The molecule has 2 saturated heterocycles. The number of hydrogen-bond donors (Lipinski definition) is 1. The predicted molar refractivity (Wildman–Crippen MR) is 73.3 cm³/mol. The van der Waals surface area contributed by atoms with Crippen molar-refractivity contribution in [3.05, 3.63) is 0 Å². The first-order chi connectivity index (χ1) is 10.0. The highest BCUT2D eigenvalue weighted by Crippen LogP contribution is 2.33. The maximum atomic E-state index is 13.1. The van der Waals surface area contributed by atoms with E-state index in [9.17, 15) is 18.0 Å². The Labute approximate surface area is 128 Å². The SMILES string of the molecule is CC(C)(C)C[C@H](NC(=O)N1CCC2(C1)OCCO2)C(F)(F)F. The average Bonchev–Trinajstić information content (AvgIpc) is 2.97. The Morgan fingerprint density at radius 2 is 1.86 bits per heavy atom. The Morgan fingerprint density at radius 1 is 1.27 bits per heavy atom. The highest BCUT2D eigenvalue weighted by atomic mass is 19.4. The molecule has 2 aliphatic heterocycles. The third-order valence-corrected chi connectivity index (χ3v) is 3.80. The van der Waals surface area contributed by atoms with Gasteiger partial charge >= 0.3 is 12.2 Å². The molecule has 5 nitrogen and oxygen atoms in total. The molecular weight excluding hydrogens is 301 g/mol. The summed E-state index contributed by atoms with van der Waals surface area (Å²) in [5.74, 6) is -0.824. The Kier molecular flexibility index (Phi) is 4.64. The molecule has 0 aromatic rings. The molecule has 0 unspecified atom stereocenters. The third-order valence-electron chi connectivity index (χ3n) is 3.80. The van der Waals surface area contributed by atoms with Crippen molar-refractivity contribution in [3.63, 3.8) is 0 Å². The van der Waals surface area contributed by atoms with E-state index < -0.39 is 29.5 Å². The van der Waals surface area contributed by atoms with Crippen molar-refractivity contribution in [1.29, 1.82) is 0 Å². The van der Waals surface area contributed by atoms with Gasteiger partial charge in [0.2, 0.25) is 0 Å². The lowest BCUT2D eigenvalue weighted by atomic mass is 9.88. The van der Waals surface area contributed by atoms with Crippen LogP contribution in [0.25, 0.3) is 0 Å². The average molecular weight is 324 g/mol. The molecular formula is C14H23F3N2O3. The molecule has 1 atom stereocenters. The van der Waals surface area contributed by atoms with Crippen LogP contribution >= 0.6 is 0 Å².